The Bertz CT molecular complexity index is 578. The number of nitrogens with zero attached hydrogens (tertiary/aromatic N) is 4. The molecule has 0 radical (unpaired) electrons. The zero-order valence-electron chi connectivity index (χ0n) is 11.6. The lowest BCUT2D eigenvalue weighted by molar-refractivity contribution is -0.389. The Morgan fingerprint density at radius 3 is 2.90 bits per heavy atom. The van der Waals surface area contributed by atoms with Gasteiger partial charge in [0.25, 0.3) is 0 Å². The van der Waals surface area contributed by atoms with E-state index in [-0.39, 0.29) is 17.8 Å². The van der Waals surface area contributed by atoms with Crippen molar-refractivity contribution in [2.24, 2.45) is 17.0 Å². The number of nitro groups is 1. The van der Waals surface area contributed by atoms with Crippen LogP contribution in [0.4, 0.5) is 5.82 Å². The van der Waals surface area contributed by atoms with Gasteiger partial charge >= 0.3 is 5.82 Å². The Hall–Kier alpha value is -1.92. The summed E-state index contributed by atoms with van der Waals surface area (Å²) >= 11 is 0. The van der Waals surface area contributed by atoms with E-state index in [1.165, 1.54) is 6.20 Å². The molecule has 1 aromatic rings. The second kappa shape index (κ2) is 4.57. The molecular weight excluding hydrogens is 260 g/mol. The predicted molar refractivity (Wildman–Crippen MR) is 72.1 cm³/mol. The van der Waals surface area contributed by atoms with Crippen LogP contribution in [0.1, 0.15) is 50.9 Å². The van der Waals surface area contributed by atoms with Crippen LogP contribution >= 0.6 is 0 Å². The van der Waals surface area contributed by atoms with Gasteiger partial charge in [-0.05, 0) is 35.1 Å². The fraction of sp³-hybridized carbons (Fsp3) is 0.692. The second-order valence-corrected chi connectivity index (χ2v) is 6.02. The first-order valence-corrected chi connectivity index (χ1v) is 6.98. The number of hydrogen-bond acceptors (Lipinski definition) is 5. The summed E-state index contributed by atoms with van der Waals surface area (Å²) in [6.07, 6.45) is 4.63. The van der Waals surface area contributed by atoms with Gasteiger partial charge in [0.1, 0.15) is 6.20 Å². The molecule has 1 heterocycles. The van der Waals surface area contributed by atoms with Gasteiger partial charge in [-0.1, -0.05) is 19.0 Å². The molecule has 7 nitrogen and oxygen atoms in total. The van der Waals surface area contributed by atoms with E-state index in [0.29, 0.717) is 17.7 Å². The molecule has 0 saturated heterocycles. The highest BCUT2D eigenvalue weighted by Crippen LogP contribution is 2.49. The molecule has 7 heteroatoms. The number of aromatic nitrogens is 2. The average molecular weight is 278 g/mol. The number of oxime groups is 1. The highest BCUT2D eigenvalue weighted by Gasteiger charge is 2.48. The van der Waals surface area contributed by atoms with E-state index in [0.717, 1.165) is 25.0 Å². The van der Waals surface area contributed by atoms with E-state index >= 15 is 0 Å². The van der Waals surface area contributed by atoms with E-state index in [2.05, 4.69) is 10.1 Å². The Labute approximate surface area is 116 Å². The zero-order valence-corrected chi connectivity index (χ0v) is 11.6. The molecule has 108 valence electrons. The van der Waals surface area contributed by atoms with Crippen LogP contribution in [0.15, 0.2) is 11.4 Å². The molecule has 2 saturated carbocycles. The summed E-state index contributed by atoms with van der Waals surface area (Å²) in [4.78, 5) is 14.6. The van der Waals surface area contributed by atoms with Crippen molar-refractivity contribution in [1.29, 1.82) is 0 Å². The van der Waals surface area contributed by atoms with Gasteiger partial charge in [-0.25, -0.2) is 0 Å². The van der Waals surface area contributed by atoms with Crippen LogP contribution in [0.3, 0.4) is 0 Å². The maximum atomic E-state index is 11.0. The first-order valence-electron chi connectivity index (χ1n) is 6.98. The lowest BCUT2D eigenvalue weighted by Crippen LogP contribution is -2.27. The van der Waals surface area contributed by atoms with Crippen molar-refractivity contribution in [3.05, 3.63) is 22.1 Å². The number of rotatable bonds is 3. The minimum atomic E-state index is -0.467. The van der Waals surface area contributed by atoms with Gasteiger partial charge in [0.15, 0.2) is 0 Å². The molecule has 20 heavy (non-hydrogen) atoms. The van der Waals surface area contributed by atoms with Crippen LogP contribution < -0.4 is 0 Å². The van der Waals surface area contributed by atoms with Gasteiger partial charge in [0, 0.05) is 11.8 Å². The molecular formula is C13H18N4O3. The summed E-state index contributed by atoms with van der Waals surface area (Å²) in [7, 11) is 0. The Morgan fingerprint density at radius 2 is 2.30 bits per heavy atom. The second-order valence-electron chi connectivity index (χ2n) is 6.02. The first-order chi connectivity index (χ1) is 9.52. The fourth-order valence-electron chi connectivity index (χ4n) is 3.70. The fourth-order valence-corrected chi connectivity index (χ4v) is 3.70. The Morgan fingerprint density at radius 1 is 1.55 bits per heavy atom. The highest BCUT2D eigenvalue weighted by atomic mass is 16.6. The first kappa shape index (κ1) is 13.1. The molecule has 0 aromatic carbocycles. The van der Waals surface area contributed by atoms with Gasteiger partial charge in [-0.3, -0.25) is 4.57 Å². The van der Waals surface area contributed by atoms with Crippen molar-refractivity contribution < 1.29 is 10.1 Å². The molecule has 0 aliphatic heterocycles. The number of hydrogen-bond donors (Lipinski definition) is 1. The van der Waals surface area contributed by atoms with Crippen LogP contribution in [0, 0.1) is 22.0 Å². The monoisotopic (exact) mass is 278 g/mol. The molecule has 0 amide bonds. The van der Waals surface area contributed by atoms with Gasteiger partial charge in [0.2, 0.25) is 5.82 Å². The molecule has 2 bridgehead atoms. The lowest BCUT2D eigenvalue weighted by atomic mass is 9.92. The molecule has 1 aromatic heterocycles. The summed E-state index contributed by atoms with van der Waals surface area (Å²) < 4.78 is 1.86. The van der Waals surface area contributed by atoms with Crippen molar-refractivity contribution in [2.45, 2.75) is 45.1 Å². The predicted octanol–water partition coefficient (Wildman–Crippen LogP) is 2.72. The summed E-state index contributed by atoms with van der Waals surface area (Å²) in [6, 6.07) is -0.0719. The van der Waals surface area contributed by atoms with Crippen molar-refractivity contribution in [3.8, 4) is 0 Å². The Kier molecular flexibility index (Phi) is 2.99. The van der Waals surface area contributed by atoms with E-state index < -0.39 is 4.92 Å². The zero-order chi connectivity index (χ0) is 14.4. The van der Waals surface area contributed by atoms with Gasteiger partial charge in [-0.2, -0.15) is 0 Å². The highest BCUT2D eigenvalue weighted by molar-refractivity contribution is 5.93. The maximum Gasteiger partial charge on any atom is 0.381 e. The third-order valence-electron chi connectivity index (χ3n) is 4.51. The van der Waals surface area contributed by atoms with Gasteiger partial charge < -0.3 is 15.3 Å². The third kappa shape index (κ3) is 1.80. The van der Waals surface area contributed by atoms with E-state index in [9.17, 15) is 15.3 Å². The molecule has 2 aliphatic rings. The van der Waals surface area contributed by atoms with Crippen molar-refractivity contribution in [3.63, 3.8) is 0 Å². The largest absolute Gasteiger partial charge is 0.411 e. The molecule has 0 unspecified atom stereocenters. The molecule has 1 N–H and O–H groups in total. The van der Waals surface area contributed by atoms with Crippen molar-refractivity contribution in [2.75, 3.05) is 0 Å². The van der Waals surface area contributed by atoms with Crippen LogP contribution in [-0.2, 0) is 0 Å². The molecule has 3 rings (SSSR count). The normalized spacial score (nSPS) is 30.6. The van der Waals surface area contributed by atoms with E-state index in [1.54, 1.807) is 0 Å². The third-order valence-corrected chi connectivity index (χ3v) is 4.51. The van der Waals surface area contributed by atoms with Gasteiger partial charge in [0.05, 0.1) is 11.8 Å². The minimum absolute atomic E-state index is 0.0719. The topological polar surface area (TPSA) is 93.5 Å². The lowest BCUT2D eigenvalue weighted by Gasteiger charge is -2.24. The SMILES string of the molecule is CC(C)c1nc([N+](=O)[O-])cn1[C@H]1/C(=N\O)[C@H]2CC[C@@H]1C2. The van der Waals surface area contributed by atoms with Crippen molar-refractivity contribution in [1.82, 2.24) is 9.55 Å². The van der Waals surface area contributed by atoms with Crippen LogP contribution in [0.5, 0.6) is 0 Å². The van der Waals surface area contributed by atoms with Gasteiger partial charge in [-0.15, -0.1) is 0 Å². The summed E-state index contributed by atoms with van der Waals surface area (Å²) in [5.41, 5.74) is 0.760. The van der Waals surface area contributed by atoms with Crippen LogP contribution in [-0.4, -0.2) is 25.4 Å². The number of imidazole rings is 1. The summed E-state index contributed by atoms with van der Waals surface area (Å²) in [6.45, 7) is 3.93. The Balaban J connectivity index is 2.07. The average Bonchev–Trinajstić information content (AvgIpc) is 3.10. The van der Waals surface area contributed by atoms with Crippen LogP contribution in [0.25, 0.3) is 0 Å². The minimum Gasteiger partial charge on any atom is -0.411 e. The van der Waals surface area contributed by atoms with Crippen LogP contribution in [0.2, 0.25) is 0 Å². The van der Waals surface area contributed by atoms with E-state index in [4.69, 9.17) is 0 Å². The summed E-state index contributed by atoms with van der Waals surface area (Å²) in [5, 5.41) is 23.7. The summed E-state index contributed by atoms with van der Waals surface area (Å²) in [5.74, 6) is 1.36. The van der Waals surface area contributed by atoms with E-state index in [1.807, 2.05) is 18.4 Å². The maximum absolute atomic E-state index is 11.0. The van der Waals surface area contributed by atoms with Crippen molar-refractivity contribution >= 4 is 11.5 Å². The number of fused-ring (bicyclic) bond motifs is 2. The molecule has 0 spiro atoms. The molecule has 2 aliphatic carbocycles. The smallest absolute Gasteiger partial charge is 0.381 e. The standard InChI is InChI=1S/C13H18N4O3/c1-7(2)13-14-10(17(19)20)6-16(13)12-9-4-3-8(5-9)11(12)15-18/h6-9,12,18H,3-5H2,1-2H3/b15-11-/t8-,9+,12+/m0/s1. The molecule has 2 fully saturated rings. The quantitative estimate of drug-likeness (QED) is 0.522. The molecule has 3 atom stereocenters.